The Hall–Kier alpha value is -6.33. The van der Waals surface area contributed by atoms with Gasteiger partial charge in [0.15, 0.2) is 40.5 Å². The van der Waals surface area contributed by atoms with Gasteiger partial charge in [-0.05, 0) is 40.1 Å². The first kappa shape index (κ1) is 27.2. The molecule has 46 heavy (non-hydrogen) atoms. The number of hydrogen-bond acceptors (Lipinski definition) is 5. The fourth-order valence-electron chi connectivity index (χ4n) is 5.90. The summed E-state index contributed by atoms with van der Waals surface area (Å²) in [5, 5.41) is 4.29. The molecule has 7 aromatic rings. The fraction of sp³-hybridized carbons (Fsp3) is 0. The van der Waals surface area contributed by atoms with Crippen molar-refractivity contribution in [3.05, 3.63) is 159 Å². The highest BCUT2D eigenvalue weighted by molar-refractivity contribution is 6.14. The molecule has 1 aromatic heterocycles. The Labute approximate surface area is 266 Å². The Morgan fingerprint density at radius 3 is 1.74 bits per heavy atom. The van der Waals surface area contributed by atoms with E-state index in [0.29, 0.717) is 29.0 Å². The molecule has 0 amide bonds. The normalized spacial score (nSPS) is 12.1. The smallest absolute Gasteiger partial charge is 0.178 e. The van der Waals surface area contributed by atoms with Crippen LogP contribution in [0.15, 0.2) is 153 Å². The average Bonchev–Trinajstić information content (AvgIpc) is 3.13. The van der Waals surface area contributed by atoms with Crippen LogP contribution in [0.3, 0.4) is 0 Å². The standard InChI is InChI=1S/C41H27N3O2/c1-3-13-26(4-2)39-42-40(27-14-6-5-7-15-27)44-41(43-39)30-17-12-16-28(24-30)29-22-23-35-36(25-29)46-38-34-21-11-9-19-32(34)31-18-8-10-20-33(31)37(38)45-35/h3-25H,1-2H2/b26-13+. The molecule has 0 atom stereocenters. The van der Waals surface area contributed by atoms with Crippen molar-refractivity contribution in [2.24, 2.45) is 0 Å². The van der Waals surface area contributed by atoms with E-state index in [9.17, 15) is 0 Å². The van der Waals surface area contributed by atoms with Gasteiger partial charge in [-0.15, -0.1) is 0 Å². The van der Waals surface area contributed by atoms with Crippen molar-refractivity contribution >= 4 is 27.1 Å². The maximum Gasteiger partial charge on any atom is 0.178 e. The third-order valence-corrected chi connectivity index (χ3v) is 8.10. The van der Waals surface area contributed by atoms with E-state index in [1.54, 1.807) is 12.2 Å². The maximum atomic E-state index is 6.64. The van der Waals surface area contributed by atoms with Crippen molar-refractivity contribution in [2.45, 2.75) is 0 Å². The van der Waals surface area contributed by atoms with Crippen LogP contribution >= 0.6 is 0 Å². The highest BCUT2D eigenvalue weighted by Gasteiger charge is 2.25. The summed E-state index contributed by atoms with van der Waals surface area (Å²) in [6, 6.07) is 40.7. The lowest BCUT2D eigenvalue weighted by Gasteiger charge is -2.24. The predicted octanol–water partition coefficient (Wildman–Crippen LogP) is 10.8. The molecule has 0 saturated heterocycles. The van der Waals surface area contributed by atoms with Crippen LogP contribution in [0, 0.1) is 0 Å². The summed E-state index contributed by atoms with van der Waals surface area (Å²) < 4.78 is 13.2. The van der Waals surface area contributed by atoms with Crippen molar-refractivity contribution in [1.82, 2.24) is 15.0 Å². The van der Waals surface area contributed by atoms with Gasteiger partial charge in [0.25, 0.3) is 0 Å². The summed E-state index contributed by atoms with van der Waals surface area (Å²) in [5.74, 6) is 4.48. The van der Waals surface area contributed by atoms with Gasteiger partial charge >= 0.3 is 0 Å². The van der Waals surface area contributed by atoms with Crippen molar-refractivity contribution in [3.8, 4) is 56.9 Å². The molecule has 0 unspecified atom stereocenters. The van der Waals surface area contributed by atoms with E-state index in [2.05, 4.69) is 61.7 Å². The van der Waals surface area contributed by atoms with Crippen LogP contribution in [0.25, 0.3) is 61.0 Å². The number of rotatable bonds is 6. The summed E-state index contributed by atoms with van der Waals surface area (Å²) in [6.07, 6.45) is 5.27. The summed E-state index contributed by atoms with van der Waals surface area (Å²) in [4.78, 5) is 14.5. The van der Waals surface area contributed by atoms with E-state index >= 15 is 0 Å². The zero-order chi connectivity index (χ0) is 31.0. The van der Waals surface area contributed by atoms with Crippen molar-refractivity contribution < 1.29 is 9.47 Å². The van der Waals surface area contributed by atoms with Gasteiger partial charge in [-0.25, -0.2) is 15.0 Å². The minimum atomic E-state index is 0.530. The van der Waals surface area contributed by atoms with E-state index in [1.807, 2.05) is 78.9 Å². The van der Waals surface area contributed by atoms with Crippen LogP contribution < -0.4 is 9.47 Å². The first-order chi connectivity index (χ1) is 22.7. The van der Waals surface area contributed by atoms with Gasteiger partial charge in [0.2, 0.25) is 0 Å². The molecule has 0 saturated carbocycles. The molecule has 1 aliphatic heterocycles. The van der Waals surface area contributed by atoms with Gasteiger partial charge in [-0.2, -0.15) is 0 Å². The topological polar surface area (TPSA) is 57.1 Å². The largest absolute Gasteiger partial charge is 0.449 e. The third-order valence-electron chi connectivity index (χ3n) is 8.10. The van der Waals surface area contributed by atoms with Crippen LogP contribution in [-0.4, -0.2) is 15.0 Å². The summed E-state index contributed by atoms with van der Waals surface area (Å²) in [5.41, 5.74) is 4.50. The van der Waals surface area contributed by atoms with Gasteiger partial charge in [-0.1, -0.05) is 135 Å². The molecule has 0 radical (unpaired) electrons. The summed E-state index contributed by atoms with van der Waals surface area (Å²) >= 11 is 0. The highest BCUT2D eigenvalue weighted by Crippen LogP contribution is 2.53. The molecule has 0 spiro atoms. The van der Waals surface area contributed by atoms with Crippen LogP contribution in [0.1, 0.15) is 5.82 Å². The van der Waals surface area contributed by atoms with Crippen molar-refractivity contribution in [1.29, 1.82) is 0 Å². The Morgan fingerprint density at radius 1 is 0.500 bits per heavy atom. The molecule has 5 heteroatoms. The van der Waals surface area contributed by atoms with Gasteiger partial charge in [-0.3, -0.25) is 0 Å². The Balaban J connectivity index is 1.21. The van der Waals surface area contributed by atoms with E-state index in [4.69, 9.17) is 24.4 Å². The third kappa shape index (κ3) is 4.71. The summed E-state index contributed by atoms with van der Waals surface area (Å²) in [7, 11) is 0. The first-order valence-corrected chi connectivity index (χ1v) is 15.0. The van der Waals surface area contributed by atoms with Crippen LogP contribution in [0.2, 0.25) is 0 Å². The number of hydrogen-bond donors (Lipinski definition) is 0. The molecule has 6 aromatic carbocycles. The van der Waals surface area contributed by atoms with Crippen molar-refractivity contribution in [3.63, 3.8) is 0 Å². The monoisotopic (exact) mass is 593 g/mol. The van der Waals surface area contributed by atoms with Gasteiger partial charge < -0.3 is 9.47 Å². The van der Waals surface area contributed by atoms with E-state index < -0.39 is 0 Å². The molecule has 218 valence electrons. The van der Waals surface area contributed by atoms with Crippen molar-refractivity contribution in [2.75, 3.05) is 0 Å². The number of benzene rings is 6. The summed E-state index contributed by atoms with van der Waals surface area (Å²) in [6.45, 7) is 7.79. The number of allylic oxidation sites excluding steroid dienone is 4. The van der Waals surface area contributed by atoms with E-state index in [-0.39, 0.29) is 0 Å². The van der Waals surface area contributed by atoms with E-state index in [0.717, 1.165) is 60.9 Å². The SMILES string of the molecule is C=C/C=C(\C=C)c1nc(-c2ccccc2)nc(-c2cccc(-c3ccc4c(c3)Oc3c(c5ccccc5c5ccccc35)O4)c2)n1. The molecule has 5 nitrogen and oxygen atoms in total. The quantitative estimate of drug-likeness (QED) is 0.142. The number of nitrogens with zero attached hydrogens (tertiary/aromatic N) is 3. The van der Waals surface area contributed by atoms with Crippen LogP contribution in [0.5, 0.6) is 23.0 Å². The highest BCUT2D eigenvalue weighted by atomic mass is 16.6. The maximum absolute atomic E-state index is 6.64. The zero-order valence-electron chi connectivity index (χ0n) is 24.9. The Bertz CT molecular complexity index is 2360. The average molecular weight is 594 g/mol. The lowest BCUT2D eigenvalue weighted by Crippen LogP contribution is -2.02. The van der Waals surface area contributed by atoms with Gasteiger partial charge in [0.1, 0.15) is 0 Å². The molecule has 8 rings (SSSR count). The zero-order valence-corrected chi connectivity index (χ0v) is 24.9. The second-order valence-corrected chi connectivity index (χ2v) is 10.9. The second-order valence-electron chi connectivity index (χ2n) is 10.9. The van der Waals surface area contributed by atoms with Gasteiger partial charge in [0, 0.05) is 27.5 Å². The Kier molecular flexibility index (Phi) is 6.69. The number of ether oxygens (including phenoxy) is 2. The molecule has 2 heterocycles. The lowest BCUT2D eigenvalue weighted by atomic mass is 9.99. The predicted molar refractivity (Wildman–Crippen MR) is 186 cm³/mol. The minimum Gasteiger partial charge on any atom is -0.449 e. The van der Waals surface area contributed by atoms with E-state index in [1.165, 1.54) is 0 Å². The van der Waals surface area contributed by atoms with Crippen LogP contribution in [0.4, 0.5) is 0 Å². The molecule has 0 bridgehead atoms. The fourth-order valence-corrected chi connectivity index (χ4v) is 5.90. The lowest BCUT2D eigenvalue weighted by molar-refractivity contribution is 0.367. The molecule has 0 aliphatic carbocycles. The van der Waals surface area contributed by atoms with Crippen LogP contribution in [-0.2, 0) is 0 Å². The number of fused-ring (bicyclic) bond motifs is 7. The van der Waals surface area contributed by atoms with Gasteiger partial charge in [0.05, 0.1) is 0 Å². The second kappa shape index (κ2) is 11.3. The first-order valence-electron chi connectivity index (χ1n) is 15.0. The molecular formula is C41H27N3O2. The minimum absolute atomic E-state index is 0.530. The molecule has 1 aliphatic rings. The number of aromatic nitrogens is 3. The molecule has 0 fully saturated rings. The molecular weight excluding hydrogens is 566 g/mol. The Morgan fingerprint density at radius 2 is 1.07 bits per heavy atom. The molecule has 0 N–H and O–H groups in total.